The highest BCUT2D eigenvalue weighted by atomic mass is 16.3. The fraction of sp³-hybridized carbons (Fsp3) is 0.458. The van der Waals surface area contributed by atoms with Crippen molar-refractivity contribution in [3.05, 3.63) is 72.2 Å². The van der Waals surface area contributed by atoms with Crippen molar-refractivity contribution < 1.29 is 5.11 Å². The maximum absolute atomic E-state index is 9.20. The van der Waals surface area contributed by atoms with Gasteiger partial charge in [-0.25, -0.2) is 0 Å². The standard InChI is InChI=1S/C24H37N5O/c1-4-21-7-5-9-24(26-21)19-29(17-20(2)3)15-14-28(13-12-25)18-23-10-6-8-22(27-23)11-16-30/h4-10,22,27,30H,1-2,11-19,25H2,3H3. The maximum Gasteiger partial charge on any atom is 0.0627 e. The van der Waals surface area contributed by atoms with E-state index in [-0.39, 0.29) is 12.6 Å². The topological polar surface area (TPSA) is 77.7 Å². The van der Waals surface area contributed by atoms with Crippen molar-refractivity contribution in [2.75, 3.05) is 45.9 Å². The third-order valence-electron chi connectivity index (χ3n) is 4.94. The van der Waals surface area contributed by atoms with E-state index < -0.39 is 0 Å². The molecule has 1 aliphatic rings. The van der Waals surface area contributed by atoms with Crippen LogP contribution in [0.2, 0.25) is 0 Å². The van der Waals surface area contributed by atoms with Crippen LogP contribution in [0.1, 0.15) is 24.7 Å². The van der Waals surface area contributed by atoms with Crippen LogP contribution in [0.15, 0.2) is 60.9 Å². The minimum absolute atomic E-state index is 0.179. The molecule has 4 N–H and O–H groups in total. The van der Waals surface area contributed by atoms with Gasteiger partial charge in [0.1, 0.15) is 0 Å². The van der Waals surface area contributed by atoms with Crippen molar-refractivity contribution in [1.29, 1.82) is 0 Å². The Balaban J connectivity index is 1.97. The summed E-state index contributed by atoms with van der Waals surface area (Å²) in [6.45, 7) is 15.8. The van der Waals surface area contributed by atoms with Crippen LogP contribution < -0.4 is 11.1 Å². The maximum atomic E-state index is 9.20. The van der Waals surface area contributed by atoms with E-state index in [0.29, 0.717) is 13.0 Å². The molecule has 1 aliphatic heterocycles. The first kappa shape index (κ1) is 24.0. The highest BCUT2D eigenvalue weighted by Gasteiger charge is 2.15. The van der Waals surface area contributed by atoms with Gasteiger partial charge in [0.25, 0.3) is 0 Å². The second-order valence-electron chi connectivity index (χ2n) is 7.83. The Morgan fingerprint density at radius 2 is 2.07 bits per heavy atom. The number of aliphatic hydroxyl groups excluding tert-OH is 1. The Kier molecular flexibility index (Phi) is 10.5. The Morgan fingerprint density at radius 3 is 2.77 bits per heavy atom. The lowest BCUT2D eigenvalue weighted by molar-refractivity contribution is 0.215. The number of aliphatic hydroxyl groups is 1. The van der Waals surface area contributed by atoms with Crippen LogP contribution in [0.4, 0.5) is 0 Å². The molecule has 0 spiro atoms. The number of hydrogen-bond donors (Lipinski definition) is 3. The van der Waals surface area contributed by atoms with Crippen molar-refractivity contribution >= 4 is 6.08 Å². The molecule has 1 aromatic heterocycles. The zero-order valence-corrected chi connectivity index (χ0v) is 18.3. The normalized spacial score (nSPS) is 15.9. The Morgan fingerprint density at radius 1 is 1.27 bits per heavy atom. The molecule has 1 unspecified atom stereocenters. The molecule has 1 aromatic rings. The SMILES string of the molecule is C=Cc1cccc(CN(CCN(CCN)CC2=CC=CC(CCO)N2)CC(=C)C)n1. The number of rotatable bonds is 14. The molecule has 0 fully saturated rings. The van der Waals surface area contributed by atoms with Gasteiger partial charge in [0.15, 0.2) is 0 Å². The van der Waals surface area contributed by atoms with Gasteiger partial charge in [-0.15, -0.1) is 0 Å². The van der Waals surface area contributed by atoms with E-state index in [1.807, 2.05) is 12.1 Å². The minimum Gasteiger partial charge on any atom is -0.396 e. The van der Waals surface area contributed by atoms with Gasteiger partial charge in [-0.1, -0.05) is 36.9 Å². The minimum atomic E-state index is 0.179. The van der Waals surface area contributed by atoms with Crippen molar-refractivity contribution in [1.82, 2.24) is 20.1 Å². The molecule has 0 saturated carbocycles. The van der Waals surface area contributed by atoms with Gasteiger partial charge in [-0.2, -0.15) is 0 Å². The molecule has 2 rings (SSSR count). The first-order valence-electron chi connectivity index (χ1n) is 10.7. The number of hydrogen-bond acceptors (Lipinski definition) is 6. The van der Waals surface area contributed by atoms with Crippen LogP contribution in [0.5, 0.6) is 0 Å². The Labute approximate surface area is 181 Å². The second kappa shape index (κ2) is 13.1. The highest BCUT2D eigenvalue weighted by molar-refractivity contribution is 5.41. The van der Waals surface area contributed by atoms with Gasteiger partial charge >= 0.3 is 0 Å². The third kappa shape index (κ3) is 8.63. The number of aromatic nitrogens is 1. The number of dihydropyridines is 1. The molecule has 1 atom stereocenters. The van der Waals surface area contributed by atoms with E-state index in [1.54, 1.807) is 6.08 Å². The summed E-state index contributed by atoms with van der Waals surface area (Å²) in [7, 11) is 0. The summed E-state index contributed by atoms with van der Waals surface area (Å²) in [5.74, 6) is 0. The number of allylic oxidation sites excluding steroid dienone is 2. The van der Waals surface area contributed by atoms with Crippen molar-refractivity contribution in [2.24, 2.45) is 5.73 Å². The van der Waals surface area contributed by atoms with E-state index in [9.17, 15) is 5.11 Å². The molecular weight excluding hydrogens is 374 g/mol. The van der Waals surface area contributed by atoms with Crippen LogP contribution in [0, 0.1) is 0 Å². The van der Waals surface area contributed by atoms with Gasteiger partial charge in [-0.05, 0) is 37.6 Å². The number of nitrogens with one attached hydrogen (secondary N) is 1. The highest BCUT2D eigenvalue weighted by Crippen LogP contribution is 2.10. The van der Waals surface area contributed by atoms with E-state index in [2.05, 4.69) is 64.5 Å². The van der Waals surface area contributed by atoms with Crippen LogP contribution in [-0.4, -0.2) is 71.8 Å². The summed E-state index contributed by atoms with van der Waals surface area (Å²) in [6.07, 6.45) is 8.75. The molecule has 0 amide bonds. The molecule has 2 heterocycles. The first-order chi connectivity index (χ1) is 14.5. The first-order valence-corrected chi connectivity index (χ1v) is 10.7. The van der Waals surface area contributed by atoms with Crippen LogP contribution in [0.25, 0.3) is 6.08 Å². The van der Waals surface area contributed by atoms with Gasteiger partial charge < -0.3 is 16.2 Å². The monoisotopic (exact) mass is 411 g/mol. The Hall–Kier alpha value is -2.25. The number of nitrogens with zero attached hydrogens (tertiary/aromatic N) is 3. The quantitative estimate of drug-likeness (QED) is 0.407. The van der Waals surface area contributed by atoms with E-state index >= 15 is 0 Å². The Bertz CT molecular complexity index is 743. The van der Waals surface area contributed by atoms with Gasteiger partial charge in [0.2, 0.25) is 0 Å². The van der Waals surface area contributed by atoms with Crippen molar-refractivity contribution in [3.63, 3.8) is 0 Å². The number of pyridine rings is 1. The molecule has 30 heavy (non-hydrogen) atoms. The number of nitrogens with two attached hydrogens (primary N) is 1. The average Bonchev–Trinajstić information content (AvgIpc) is 2.72. The fourth-order valence-corrected chi connectivity index (χ4v) is 3.55. The smallest absolute Gasteiger partial charge is 0.0627 e. The lowest BCUT2D eigenvalue weighted by atomic mass is 10.1. The van der Waals surface area contributed by atoms with Crippen LogP contribution >= 0.6 is 0 Å². The van der Waals surface area contributed by atoms with Crippen LogP contribution in [0.3, 0.4) is 0 Å². The lowest BCUT2D eigenvalue weighted by Crippen LogP contribution is -2.42. The molecule has 0 saturated heterocycles. The molecule has 0 bridgehead atoms. The second-order valence-corrected chi connectivity index (χ2v) is 7.83. The van der Waals surface area contributed by atoms with Gasteiger partial charge in [0.05, 0.1) is 11.4 Å². The summed E-state index contributed by atoms with van der Waals surface area (Å²) in [5.41, 5.74) is 10.1. The summed E-state index contributed by atoms with van der Waals surface area (Å²) >= 11 is 0. The van der Waals surface area contributed by atoms with E-state index in [4.69, 9.17) is 5.73 Å². The largest absolute Gasteiger partial charge is 0.396 e. The predicted molar refractivity (Wildman–Crippen MR) is 126 cm³/mol. The predicted octanol–water partition coefficient (Wildman–Crippen LogP) is 2.16. The van der Waals surface area contributed by atoms with E-state index in [0.717, 1.165) is 61.9 Å². The van der Waals surface area contributed by atoms with Crippen LogP contribution in [-0.2, 0) is 6.54 Å². The molecule has 0 aromatic carbocycles. The summed E-state index contributed by atoms with van der Waals surface area (Å²) in [5, 5.41) is 12.7. The molecular formula is C24H37N5O. The van der Waals surface area contributed by atoms with Gasteiger partial charge in [-0.3, -0.25) is 14.8 Å². The van der Waals surface area contributed by atoms with E-state index in [1.165, 1.54) is 0 Å². The molecule has 0 radical (unpaired) electrons. The molecule has 6 nitrogen and oxygen atoms in total. The molecule has 164 valence electrons. The summed E-state index contributed by atoms with van der Waals surface area (Å²) in [6, 6.07) is 6.24. The van der Waals surface area contributed by atoms with Gasteiger partial charge in [0, 0.05) is 64.2 Å². The summed E-state index contributed by atoms with van der Waals surface area (Å²) in [4.78, 5) is 9.39. The fourth-order valence-electron chi connectivity index (χ4n) is 3.55. The van der Waals surface area contributed by atoms with Crippen molar-refractivity contribution in [3.8, 4) is 0 Å². The zero-order chi connectivity index (χ0) is 21.8. The summed E-state index contributed by atoms with van der Waals surface area (Å²) < 4.78 is 0. The zero-order valence-electron chi connectivity index (χ0n) is 18.3. The average molecular weight is 412 g/mol. The molecule has 6 heteroatoms. The lowest BCUT2D eigenvalue weighted by Gasteiger charge is -2.30. The van der Waals surface area contributed by atoms with Crippen molar-refractivity contribution in [2.45, 2.75) is 25.9 Å². The third-order valence-corrected chi connectivity index (χ3v) is 4.94. The molecule has 0 aliphatic carbocycles.